The SMILES string of the molecule is CCCCCCCC/C=C\CCCCCCCCCCCC(=O)NC(CO)C(O)CCCCCCCCCCCCCC. The third-order valence-corrected chi connectivity index (χ3v) is 9.03. The van der Waals surface area contributed by atoms with Crippen molar-refractivity contribution in [2.24, 2.45) is 0 Å². The van der Waals surface area contributed by atoms with Gasteiger partial charge in [0.25, 0.3) is 0 Å². The van der Waals surface area contributed by atoms with Gasteiger partial charge in [-0.05, 0) is 38.5 Å². The molecular formula is C39H77NO3. The van der Waals surface area contributed by atoms with E-state index in [1.165, 1.54) is 161 Å². The van der Waals surface area contributed by atoms with Gasteiger partial charge in [-0.2, -0.15) is 0 Å². The van der Waals surface area contributed by atoms with E-state index in [1.807, 2.05) is 0 Å². The fourth-order valence-electron chi connectivity index (χ4n) is 6.00. The predicted octanol–water partition coefficient (Wildman–Crippen LogP) is 11.5. The normalized spacial score (nSPS) is 13.1. The number of aliphatic hydroxyl groups excluding tert-OH is 2. The van der Waals surface area contributed by atoms with Crippen LogP contribution in [-0.4, -0.2) is 34.9 Å². The van der Waals surface area contributed by atoms with Crippen molar-refractivity contribution in [2.45, 2.75) is 225 Å². The zero-order chi connectivity index (χ0) is 31.5. The second kappa shape index (κ2) is 35.6. The number of unbranched alkanes of at least 4 members (excludes halogenated alkanes) is 26. The molecular weight excluding hydrogens is 530 g/mol. The summed E-state index contributed by atoms with van der Waals surface area (Å²) in [5.74, 6) is -0.0335. The zero-order valence-corrected chi connectivity index (χ0v) is 29.2. The van der Waals surface area contributed by atoms with Gasteiger partial charge in [-0.15, -0.1) is 0 Å². The van der Waals surface area contributed by atoms with Gasteiger partial charge in [0.05, 0.1) is 18.8 Å². The minimum Gasteiger partial charge on any atom is -0.394 e. The number of nitrogens with one attached hydrogen (secondary N) is 1. The van der Waals surface area contributed by atoms with Crippen molar-refractivity contribution in [1.29, 1.82) is 0 Å². The number of hydrogen-bond acceptors (Lipinski definition) is 3. The van der Waals surface area contributed by atoms with Crippen molar-refractivity contribution in [3.63, 3.8) is 0 Å². The molecule has 0 aromatic carbocycles. The quantitative estimate of drug-likeness (QED) is 0.0496. The standard InChI is InChI=1S/C39H77NO3/c1-3-5-7-9-11-13-15-17-18-19-20-21-22-23-25-27-29-31-33-35-39(43)40-37(36-41)38(42)34-32-30-28-26-24-16-14-12-10-8-6-4-2/h17-18,37-38,41-42H,3-16,19-36H2,1-2H3,(H,40,43)/b18-17-. The van der Waals surface area contributed by atoms with E-state index in [9.17, 15) is 15.0 Å². The van der Waals surface area contributed by atoms with Gasteiger partial charge in [-0.3, -0.25) is 4.79 Å². The predicted molar refractivity (Wildman–Crippen MR) is 189 cm³/mol. The number of amides is 1. The Morgan fingerprint density at radius 3 is 1.28 bits per heavy atom. The van der Waals surface area contributed by atoms with Gasteiger partial charge in [0.1, 0.15) is 0 Å². The van der Waals surface area contributed by atoms with Crippen LogP contribution in [0.25, 0.3) is 0 Å². The lowest BCUT2D eigenvalue weighted by molar-refractivity contribution is -0.123. The summed E-state index contributed by atoms with van der Waals surface area (Å²) >= 11 is 0. The van der Waals surface area contributed by atoms with Gasteiger partial charge >= 0.3 is 0 Å². The Morgan fingerprint density at radius 2 is 0.884 bits per heavy atom. The Morgan fingerprint density at radius 1 is 0.535 bits per heavy atom. The lowest BCUT2D eigenvalue weighted by Gasteiger charge is -2.22. The summed E-state index contributed by atoms with van der Waals surface area (Å²) in [6, 6.07) is -0.531. The number of rotatable bonds is 35. The van der Waals surface area contributed by atoms with Gasteiger partial charge in [0.15, 0.2) is 0 Å². The number of carbonyl (C=O) groups excluding carboxylic acids is 1. The molecule has 0 spiro atoms. The topological polar surface area (TPSA) is 69.6 Å². The summed E-state index contributed by atoms with van der Waals surface area (Å²) in [5, 5.41) is 23.0. The molecule has 4 nitrogen and oxygen atoms in total. The number of carbonyl (C=O) groups is 1. The average Bonchev–Trinajstić information content (AvgIpc) is 3.01. The van der Waals surface area contributed by atoms with Crippen molar-refractivity contribution < 1.29 is 15.0 Å². The molecule has 0 aromatic heterocycles. The van der Waals surface area contributed by atoms with Crippen molar-refractivity contribution >= 4 is 5.91 Å². The molecule has 0 saturated heterocycles. The molecule has 1 amide bonds. The first-order valence-electron chi connectivity index (χ1n) is 19.4. The molecule has 0 saturated carbocycles. The van der Waals surface area contributed by atoms with E-state index in [1.54, 1.807) is 0 Å². The molecule has 0 fully saturated rings. The highest BCUT2D eigenvalue weighted by Crippen LogP contribution is 2.15. The van der Waals surface area contributed by atoms with E-state index in [-0.39, 0.29) is 12.5 Å². The summed E-state index contributed by atoms with van der Waals surface area (Å²) in [7, 11) is 0. The minimum absolute atomic E-state index is 0.0335. The Kier molecular flexibility index (Phi) is 34.9. The summed E-state index contributed by atoms with van der Waals surface area (Å²) < 4.78 is 0. The highest BCUT2D eigenvalue weighted by molar-refractivity contribution is 5.76. The zero-order valence-electron chi connectivity index (χ0n) is 29.2. The Balaban J connectivity index is 3.52. The number of aliphatic hydroxyl groups is 2. The first-order chi connectivity index (χ1) is 21.2. The third-order valence-electron chi connectivity index (χ3n) is 9.03. The second-order valence-corrected chi connectivity index (χ2v) is 13.4. The summed E-state index contributed by atoms with van der Waals surface area (Å²) in [6.07, 6.45) is 42.7. The second-order valence-electron chi connectivity index (χ2n) is 13.4. The van der Waals surface area contributed by atoms with Gasteiger partial charge in [0, 0.05) is 6.42 Å². The molecule has 0 aliphatic rings. The van der Waals surface area contributed by atoms with Gasteiger partial charge in [-0.25, -0.2) is 0 Å². The molecule has 2 atom stereocenters. The van der Waals surface area contributed by atoms with E-state index >= 15 is 0 Å². The number of allylic oxidation sites excluding steroid dienone is 2. The monoisotopic (exact) mass is 608 g/mol. The fraction of sp³-hybridized carbons (Fsp3) is 0.923. The Labute approximate surface area is 269 Å². The first kappa shape index (κ1) is 42.1. The summed E-state index contributed by atoms with van der Waals surface area (Å²) in [4.78, 5) is 12.3. The molecule has 43 heavy (non-hydrogen) atoms. The summed E-state index contributed by atoms with van der Waals surface area (Å²) in [6.45, 7) is 4.35. The van der Waals surface area contributed by atoms with E-state index < -0.39 is 12.1 Å². The van der Waals surface area contributed by atoms with E-state index in [4.69, 9.17) is 0 Å². The maximum absolute atomic E-state index is 12.3. The van der Waals surface area contributed by atoms with E-state index in [0.29, 0.717) is 12.8 Å². The van der Waals surface area contributed by atoms with Gasteiger partial charge < -0.3 is 15.5 Å². The van der Waals surface area contributed by atoms with Crippen LogP contribution in [0.3, 0.4) is 0 Å². The average molecular weight is 608 g/mol. The highest BCUT2D eigenvalue weighted by atomic mass is 16.3. The van der Waals surface area contributed by atoms with Gasteiger partial charge in [0.2, 0.25) is 5.91 Å². The van der Waals surface area contributed by atoms with Crippen LogP contribution in [0.1, 0.15) is 213 Å². The molecule has 2 unspecified atom stereocenters. The molecule has 0 heterocycles. The van der Waals surface area contributed by atoms with Gasteiger partial charge in [-0.1, -0.05) is 180 Å². The van der Waals surface area contributed by atoms with Crippen molar-refractivity contribution in [1.82, 2.24) is 5.32 Å². The lowest BCUT2D eigenvalue weighted by atomic mass is 10.0. The largest absolute Gasteiger partial charge is 0.394 e. The molecule has 3 N–H and O–H groups in total. The van der Waals surface area contributed by atoms with Crippen molar-refractivity contribution in [3.8, 4) is 0 Å². The lowest BCUT2D eigenvalue weighted by Crippen LogP contribution is -2.45. The third kappa shape index (κ3) is 32.3. The smallest absolute Gasteiger partial charge is 0.220 e. The van der Waals surface area contributed by atoms with Crippen LogP contribution in [0.15, 0.2) is 12.2 Å². The van der Waals surface area contributed by atoms with Crippen LogP contribution in [-0.2, 0) is 4.79 Å². The van der Waals surface area contributed by atoms with E-state index in [2.05, 4.69) is 31.3 Å². The Hall–Kier alpha value is -0.870. The van der Waals surface area contributed by atoms with Crippen LogP contribution in [0, 0.1) is 0 Å². The molecule has 0 radical (unpaired) electrons. The highest BCUT2D eigenvalue weighted by Gasteiger charge is 2.19. The first-order valence-corrected chi connectivity index (χ1v) is 19.4. The van der Waals surface area contributed by atoms with Crippen LogP contribution >= 0.6 is 0 Å². The minimum atomic E-state index is -0.654. The summed E-state index contributed by atoms with van der Waals surface area (Å²) in [5.41, 5.74) is 0. The maximum atomic E-state index is 12.3. The molecule has 0 aromatic rings. The molecule has 256 valence electrons. The molecule has 4 heteroatoms. The Bertz CT molecular complexity index is 579. The maximum Gasteiger partial charge on any atom is 0.220 e. The molecule has 0 rings (SSSR count). The van der Waals surface area contributed by atoms with Crippen molar-refractivity contribution in [3.05, 3.63) is 12.2 Å². The van der Waals surface area contributed by atoms with Crippen LogP contribution in [0.4, 0.5) is 0 Å². The van der Waals surface area contributed by atoms with Crippen LogP contribution in [0.2, 0.25) is 0 Å². The molecule has 0 aliphatic carbocycles. The molecule has 0 aliphatic heterocycles. The van der Waals surface area contributed by atoms with Crippen molar-refractivity contribution in [2.75, 3.05) is 6.61 Å². The van der Waals surface area contributed by atoms with Crippen LogP contribution in [0.5, 0.6) is 0 Å². The van der Waals surface area contributed by atoms with Crippen LogP contribution < -0.4 is 5.32 Å². The fourth-order valence-corrected chi connectivity index (χ4v) is 6.00. The molecule has 0 bridgehead atoms. The number of hydrogen-bond donors (Lipinski definition) is 3. The van der Waals surface area contributed by atoms with E-state index in [0.717, 1.165) is 25.7 Å².